The Bertz CT molecular complexity index is 394. The minimum atomic E-state index is -0.0554. The van der Waals surface area contributed by atoms with Gasteiger partial charge in [0.15, 0.2) is 9.82 Å². The number of nitrogens with zero attached hydrogens (tertiary/aromatic N) is 2. The highest BCUT2D eigenvalue weighted by Crippen LogP contribution is 2.17. The van der Waals surface area contributed by atoms with Gasteiger partial charge in [-0.05, 0) is 49.6 Å². The van der Waals surface area contributed by atoms with Crippen LogP contribution in [0.1, 0.15) is 5.56 Å². The fraction of sp³-hybridized carbons (Fsp3) is 0.300. The van der Waals surface area contributed by atoms with Gasteiger partial charge in [0.25, 0.3) is 0 Å². The maximum atomic E-state index is 5.11. The van der Waals surface area contributed by atoms with Crippen LogP contribution in [0.25, 0.3) is 0 Å². The highest BCUT2D eigenvalue weighted by molar-refractivity contribution is 9.18. The molecule has 0 aliphatic carbocycles. The quantitative estimate of drug-likeness (QED) is 0.673. The van der Waals surface area contributed by atoms with Gasteiger partial charge in [-0.1, -0.05) is 12.1 Å². The smallest absolute Gasteiger partial charge is 0.185 e. The molecule has 0 spiro atoms. The van der Waals surface area contributed by atoms with Crippen molar-refractivity contribution in [3.8, 4) is 5.75 Å². The highest BCUT2D eigenvalue weighted by Gasteiger charge is 2.20. The van der Waals surface area contributed by atoms with Crippen molar-refractivity contribution in [2.24, 2.45) is 4.99 Å². The highest BCUT2D eigenvalue weighted by atomic mass is 79.9. The Kier molecular flexibility index (Phi) is 3.83. The van der Waals surface area contributed by atoms with Crippen LogP contribution in [0.2, 0.25) is 0 Å². The Morgan fingerprint density at radius 2 is 2.12 bits per heavy atom. The van der Waals surface area contributed by atoms with Crippen molar-refractivity contribution in [1.29, 1.82) is 0 Å². The Morgan fingerprint density at radius 3 is 2.62 bits per heavy atom. The lowest BCUT2D eigenvalue weighted by Crippen LogP contribution is -2.36. The molecule has 16 heavy (non-hydrogen) atoms. The summed E-state index contributed by atoms with van der Waals surface area (Å²) in [4.78, 5) is 4.24. The largest absolute Gasteiger partial charge is 0.497 e. The SMILES string of the molecule is COc1ccc(CN2NC(Br)N=C2Br)cc1. The zero-order chi connectivity index (χ0) is 11.5. The van der Waals surface area contributed by atoms with E-state index >= 15 is 0 Å². The Morgan fingerprint density at radius 1 is 1.44 bits per heavy atom. The van der Waals surface area contributed by atoms with E-state index in [0.717, 1.165) is 17.0 Å². The number of hydrogen-bond donors (Lipinski definition) is 1. The summed E-state index contributed by atoms with van der Waals surface area (Å²) in [5, 5.41) is 1.88. The molecule has 86 valence electrons. The first-order chi connectivity index (χ1) is 7.69. The van der Waals surface area contributed by atoms with E-state index in [2.05, 4.69) is 42.3 Å². The van der Waals surface area contributed by atoms with Gasteiger partial charge in [-0.3, -0.25) is 5.01 Å². The number of ether oxygens (including phenoxy) is 1. The van der Waals surface area contributed by atoms with Gasteiger partial charge in [0.2, 0.25) is 0 Å². The topological polar surface area (TPSA) is 36.9 Å². The molecule has 0 amide bonds. The lowest BCUT2D eigenvalue weighted by molar-refractivity contribution is 0.331. The maximum absolute atomic E-state index is 5.11. The van der Waals surface area contributed by atoms with E-state index in [4.69, 9.17) is 4.74 Å². The third-order valence-corrected chi connectivity index (χ3v) is 3.25. The summed E-state index contributed by atoms with van der Waals surface area (Å²) in [5.74, 6) is 0.865. The van der Waals surface area contributed by atoms with Gasteiger partial charge in [-0.15, -0.1) is 0 Å². The first kappa shape index (κ1) is 11.9. The van der Waals surface area contributed by atoms with Crippen LogP contribution in [0.15, 0.2) is 29.3 Å². The molecule has 1 aliphatic heterocycles. The second-order valence-electron chi connectivity index (χ2n) is 3.30. The van der Waals surface area contributed by atoms with Crippen LogP contribution in [0.4, 0.5) is 0 Å². The molecule has 0 aromatic heterocycles. The molecular formula is C10H11Br2N3O. The van der Waals surface area contributed by atoms with E-state index in [-0.39, 0.29) is 5.08 Å². The van der Waals surface area contributed by atoms with E-state index in [1.54, 1.807) is 7.11 Å². The lowest BCUT2D eigenvalue weighted by Gasteiger charge is -2.17. The molecule has 1 N–H and O–H groups in total. The van der Waals surface area contributed by atoms with Crippen LogP contribution in [-0.4, -0.2) is 21.9 Å². The molecule has 0 saturated heterocycles. The number of nitrogens with one attached hydrogen (secondary N) is 1. The van der Waals surface area contributed by atoms with E-state index in [1.807, 2.05) is 29.3 Å². The van der Waals surface area contributed by atoms with Crippen molar-refractivity contribution in [2.75, 3.05) is 7.11 Å². The van der Waals surface area contributed by atoms with Crippen LogP contribution in [0.5, 0.6) is 5.75 Å². The molecule has 4 nitrogen and oxygen atoms in total. The number of benzene rings is 1. The molecule has 1 aromatic rings. The van der Waals surface area contributed by atoms with Crippen LogP contribution in [0.3, 0.4) is 0 Å². The number of methoxy groups -OCH3 is 1. The number of hydrazine groups is 1. The van der Waals surface area contributed by atoms with Gasteiger partial charge < -0.3 is 4.74 Å². The van der Waals surface area contributed by atoms with Gasteiger partial charge >= 0.3 is 0 Å². The third kappa shape index (κ3) is 2.75. The van der Waals surface area contributed by atoms with E-state index < -0.39 is 0 Å². The Hall–Kier alpha value is -0.590. The van der Waals surface area contributed by atoms with E-state index in [1.165, 1.54) is 5.56 Å². The second kappa shape index (κ2) is 5.16. The van der Waals surface area contributed by atoms with Gasteiger partial charge in [-0.2, -0.15) is 5.43 Å². The molecule has 1 unspecified atom stereocenters. The zero-order valence-corrected chi connectivity index (χ0v) is 11.8. The predicted octanol–water partition coefficient (Wildman–Crippen LogP) is 2.44. The van der Waals surface area contributed by atoms with Crippen molar-refractivity contribution in [3.05, 3.63) is 29.8 Å². The number of amidine groups is 1. The lowest BCUT2D eigenvalue weighted by atomic mass is 10.2. The van der Waals surface area contributed by atoms with Gasteiger partial charge in [0.05, 0.1) is 13.7 Å². The van der Waals surface area contributed by atoms with Crippen LogP contribution in [-0.2, 0) is 6.54 Å². The monoisotopic (exact) mass is 347 g/mol. The number of aliphatic imine (C=N–C) groups is 1. The average Bonchev–Trinajstić information content (AvgIpc) is 2.59. The average molecular weight is 349 g/mol. The molecule has 1 aliphatic rings. The molecule has 1 heterocycles. The second-order valence-corrected chi connectivity index (χ2v) is 4.87. The molecule has 0 saturated carbocycles. The summed E-state index contributed by atoms with van der Waals surface area (Å²) in [7, 11) is 1.66. The summed E-state index contributed by atoms with van der Waals surface area (Å²) in [6.45, 7) is 0.746. The number of halogens is 2. The third-order valence-electron chi connectivity index (χ3n) is 2.20. The van der Waals surface area contributed by atoms with E-state index in [9.17, 15) is 0 Å². The molecule has 1 atom stereocenters. The fourth-order valence-electron chi connectivity index (χ4n) is 1.40. The number of alkyl halides is 1. The fourth-order valence-corrected chi connectivity index (χ4v) is 2.55. The number of rotatable bonds is 3. The maximum Gasteiger partial charge on any atom is 0.185 e. The molecule has 0 radical (unpaired) electrons. The van der Waals surface area contributed by atoms with Crippen molar-refractivity contribution in [1.82, 2.24) is 10.4 Å². The van der Waals surface area contributed by atoms with Crippen molar-refractivity contribution in [2.45, 2.75) is 11.6 Å². The van der Waals surface area contributed by atoms with Gasteiger partial charge in [0, 0.05) is 0 Å². The summed E-state index contributed by atoms with van der Waals surface area (Å²) in [6.07, 6.45) is 0. The summed E-state index contributed by atoms with van der Waals surface area (Å²) >= 11 is 6.75. The Labute approximate surface area is 111 Å². The minimum Gasteiger partial charge on any atom is -0.497 e. The zero-order valence-electron chi connectivity index (χ0n) is 8.65. The normalized spacial score (nSPS) is 19.8. The molecule has 0 bridgehead atoms. The molecule has 0 fully saturated rings. The summed E-state index contributed by atoms with van der Waals surface area (Å²) < 4.78 is 5.90. The molecule has 1 aromatic carbocycles. The van der Waals surface area contributed by atoms with E-state index in [0.29, 0.717) is 0 Å². The van der Waals surface area contributed by atoms with Crippen molar-refractivity contribution < 1.29 is 4.74 Å². The van der Waals surface area contributed by atoms with Gasteiger partial charge in [-0.25, -0.2) is 4.99 Å². The first-order valence-corrected chi connectivity index (χ1v) is 6.44. The summed E-state index contributed by atoms with van der Waals surface area (Å²) in [5.41, 5.74) is 4.33. The molecular weight excluding hydrogens is 338 g/mol. The van der Waals surface area contributed by atoms with Crippen LogP contribution in [0, 0.1) is 0 Å². The van der Waals surface area contributed by atoms with Crippen LogP contribution >= 0.6 is 31.9 Å². The van der Waals surface area contributed by atoms with Crippen LogP contribution < -0.4 is 10.2 Å². The first-order valence-electron chi connectivity index (χ1n) is 4.73. The molecule has 2 rings (SSSR count). The van der Waals surface area contributed by atoms with Gasteiger partial charge in [0.1, 0.15) is 5.75 Å². The predicted molar refractivity (Wildman–Crippen MR) is 70.7 cm³/mol. The Balaban J connectivity index is 2.02. The minimum absolute atomic E-state index is 0.0554. The van der Waals surface area contributed by atoms with Crippen molar-refractivity contribution in [3.63, 3.8) is 0 Å². The molecule has 6 heteroatoms. The standard InChI is InChI=1S/C10H11Br2N3O/c1-16-8-4-2-7(3-5-8)6-15-10(12)13-9(11)14-15/h2-5,9,14H,6H2,1H3. The summed E-state index contributed by atoms with van der Waals surface area (Å²) in [6, 6.07) is 7.95. The number of hydrogen-bond acceptors (Lipinski definition) is 4. The van der Waals surface area contributed by atoms with Crippen molar-refractivity contribution >= 4 is 36.6 Å².